The van der Waals surface area contributed by atoms with Gasteiger partial charge in [0, 0.05) is 0 Å². The zero-order valence-corrected chi connectivity index (χ0v) is 12.5. The van der Waals surface area contributed by atoms with Gasteiger partial charge in [-0.05, 0) is 46.4 Å². The average molecular weight is 224 g/mol. The Kier molecular flexibility index (Phi) is 3.14. The van der Waals surface area contributed by atoms with Crippen molar-refractivity contribution in [3.63, 3.8) is 0 Å². The maximum Gasteiger partial charge on any atom is -0.00941 e. The Morgan fingerprint density at radius 1 is 0.667 bits per heavy atom. The van der Waals surface area contributed by atoms with Gasteiger partial charge in [0.05, 0.1) is 0 Å². The number of hydrogen-bond acceptors (Lipinski definition) is 0. The monoisotopic (exact) mass is 224 g/mol. The summed E-state index contributed by atoms with van der Waals surface area (Å²) in [6.07, 6.45) is 0. The lowest BCUT2D eigenvalue weighted by molar-refractivity contribution is 0.599. The molecule has 1 rings (SSSR count). The molecule has 0 aliphatic carbocycles. The quantitative estimate of drug-likeness (QED) is 0.586. The summed E-state index contributed by atoms with van der Waals surface area (Å²) in [5.74, 6) is 0. The molecule has 1 heterocycles. The summed E-state index contributed by atoms with van der Waals surface area (Å²) in [6, 6.07) is 0. The van der Waals surface area contributed by atoms with Gasteiger partial charge in [0.25, 0.3) is 0 Å². The van der Waals surface area contributed by atoms with E-state index in [0.717, 1.165) is 8.19 Å². The molecule has 1 aromatic heterocycles. The van der Waals surface area contributed by atoms with Gasteiger partial charge in [0.1, 0.15) is 0 Å². The van der Waals surface area contributed by atoms with Crippen LogP contribution in [0.5, 0.6) is 0 Å². The van der Waals surface area contributed by atoms with Crippen LogP contribution in [0.1, 0.15) is 63.3 Å². The van der Waals surface area contributed by atoms with Crippen molar-refractivity contribution in [3.8, 4) is 0 Å². The highest BCUT2D eigenvalue weighted by Gasteiger charge is 2.25. The maximum atomic E-state index is 2.33. The van der Waals surface area contributed by atoms with Gasteiger partial charge in [0.15, 0.2) is 0 Å². The van der Waals surface area contributed by atoms with Crippen LogP contribution in [0.3, 0.4) is 0 Å². The first-order valence-electron chi connectivity index (χ1n) is 5.75. The summed E-state index contributed by atoms with van der Waals surface area (Å²) >= 11 is 0. The van der Waals surface area contributed by atoms with Gasteiger partial charge in [-0.15, -0.1) is 8.19 Å². The van der Waals surface area contributed by atoms with E-state index < -0.39 is 0 Å². The molecule has 0 fully saturated rings. The van der Waals surface area contributed by atoms with Crippen molar-refractivity contribution >= 4 is 8.19 Å². The lowest BCUT2D eigenvalue weighted by Crippen LogP contribution is -2.09. The SMILES string of the molecule is Cc1c(C(C)(C)C)[pH]c(C(C)(C)C)c1C. The Balaban J connectivity index is 3.38. The number of rotatable bonds is 0. The molecule has 1 heteroatoms. The first-order valence-corrected chi connectivity index (χ1v) is 6.75. The first kappa shape index (κ1) is 12.8. The highest BCUT2D eigenvalue weighted by molar-refractivity contribution is 7.32. The topological polar surface area (TPSA) is 0 Å². The van der Waals surface area contributed by atoms with Crippen LogP contribution in [0, 0.1) is 13.8 Å². The second-order valence-corrected chi connectivity index (χ2v) is 7.88. The van der Waals surface area contributed by atoms with Gasteiger partial charge in [-0.25, -0.2) is 0 Å². The zero-order chi connectivity index (χ0) is 12.0. The largest absolute Gasteiger partial charge is 0.132 e. The molecular weight excluding hydrogens is 199 g/mol. The Morgan fingerprint density at radius 2 is 0.933 bits per heavy atom. The first-order chi connectivity index (χ1) is 6.55. The van der Waals surface area contributed by atoms with Gasteiger partial charge in [0.2, 0.25) is 0 Å². The van der Waals surface area contributed by atoms with E-state index >= 15 is 0 Å². The van der Waals surface area contributed by atoms with Gasteiger partial charge in [-0.2, -0.15) is 0 Å². The van der Waals surface area contributed by atoms with Crippen LogP contribution in [0.4, 0.5) is 0 Å². The molecule has 0 amide bonds. The molecule has 1 aromatic rings. The van der Waals surface area contributed by atoms with Crippen LogP contribution >= 0.6 is 8.19 Å². The van der Waals surface area contributed by atoms with Crippen LogP contribution in [0.25, 0.3) is 0 Å². The molecule has 0 unspecified atom stereocenters. The third-order valence-electron chi connectivity index (χ3n) is 3.06. The fourth-order valence-electron chi connectivity index (χ4n) is 2.19. The molecule has 0 bridgehead atoms. The van der Waals surface area contributed by atoms with E-state index in [-0.39, 0.29) is 0 Å². The minimum absolute atomic E-state index is 0.330. The van der Waals surface area contributed by atoms with E-state index in [9.17, 15) is 0 Å². The van der Waals surface area contributed by atoms with E-state index in [0.29, 0.717) is 10.8 Å². The summed E-state index contributed by atoms with van der Waals surface area (Å²) in [5.41, 5.74) is 3.75. The maximum absolute atomic E-state index is 2.33. The highest BCUT2D eigenvalue weighted by atomic mass is 31.0. The number of hydrogen-bond donors (Lipinski definition) is 0. The summed E-state index contributed by atoms with van der Waals surface area (Å²) in [5, 5.41) is 3.31. The van der Waals surface area contributed by atoms with E-state index in [1.807, 2.05) is 0 Å². The molecule has 86 valence electrons. The van der Waals surface area contributed by atoms with Gasteiger partial charge in [-0.1, -0.05) is 41.5 Å². The predicted octanol–water partition coefficient (Wildman–Crippen LogP) is 4.93. The van der Waals surface area contributed by atoms with Crippen LogP contribution < -0.4 is 0 Å². The van der Waals surface area contributed by atoms with E-state index in [2.05, 4.69) is 55.4 Å². The summed E-state index contributed by atoms with van der Waals surface area (Å²) in [4.78, 5) is 0. The third kappa shape index (κ3) is 2.48. The molecule has 0 radical (unpaired) electrons. The second-order valence-electron chi connectivity index (χ2n) is 6.62. The van der Waals surface area contributed by atoms with Crippen molar-refractivity contribution in [1.29, 1.82) is 0 Å². The Bertz CT molecular complexity index is 321. The Labute approximate surface area is 96.6 Å². The summed E-state index contributed by atoms with van der Waals surface area (Å²) < 4.78 is 0. The van der Waals surface area contributed by atoms with Crippen LogP contribution in [0.2, 0.25) is 0 Å². The minimum atomic E-state index is 0.330. The van der Waals surface area contributed by atoms with Gasteiger partial charge in [-0.3, -0.25) is 0 Å². The molecule has 0 saturated heterocycles. The van der Waals surface area contributed by atoms with Crippen molar-refractivity contribution in [1.82, 2.24) is 0 Å². The zero-order valence-electron chi connectivity index (χ0n) is 11.5. The fourth-order valence-corrected chi connectivity index (χ4v) is 3.94. The van der Waals surface area contributed by atoms with E-state index in [4.69, 9.17) is 0 Å². The predicted molar refractivity (Wildman–Crippen MR) is 72.8 cm³/mol. The Morgan fingerprint density at radius 3 is 1.07 bits per heavy atom. The van der Waals surface area contributed by atoms with E-state index in [1.54, 1.807) is 21.7 Å². The third-order valence-corrected chi connectivity index (χ3v) is 5.81. The molecule has 0 saturated carbocycles. The molecule has 0 nitrogen and oxygen atoms in total. The summed E-state index contributed by atoms with van der Waals surface area (Å²) in [7, 11) is 0.914. The standard InChI is InChI=1S/C14H25P/c1-9-10(2)12(14(6,7)8)15-11(9)13(3,4)5/h15H,1-8H3. The molecule has 0 aliphatic heterocycles. The smallest absolute Gasteiger partial charge is 0.00941 e. The minimum Gasteiger partial charge on any atom is -0.132 e. The van der Waals surface area contributed by atoms with Gasteiger partial charge < -0.3 is 0 Å². The molecule has 0 atom stereocenters. The lowest BCUT2D eigenvalue weighted by atomic mass is 9.87. The molecule has 0 aromatic carbocycles. The molecule has 0 N–H and O–H groups in total. The summed E-state index contributed by atoms with van der Waals surface area (Å²) in [6.45, 7) is 18.6. The van der Waals surface area contributed by atoms with Crippen molar-refractivity contribution in [3.05, 3.63) is 21.7 Å². The Hall–Kier alpha value is -0.220. The highest BCUT2D eigenvalue weighted by Crippen LogP contribution is 2.44. The average Bonchev–Trinajstić information content (AvgIpc) is 2.26. The van der Waals surface area contributed by atoms with E-state index in [1.165, 1.54) is 0 Å². The molecule has 15 heavy (non-hydrogen) atoms. The van der Waals surface area contributed by atoms with Crippen molar-refractivity contribution < 1.29 is 0 Å². The normalized spacial score (nSPS) is 13.3. The van der Waals surface area contributed by atoms with Crippen molar-refractivity contribution in [2.75, 3.05) is 0 Å². The molecule has 0 spiro atoms. The lowest BCUT2D eigenvalue weighted by Gasteiger charge is -2.20. The van der Waals surface area contributed by atoms with Crippen LogP contribution in [0.15, 0.2) is 0 Å². The van der Waals surface area contributed by atoms with Gasteiger partial charge >= 0.3 is 0 Å². The molecule has 0 aliphatic rings. The van der Waals surface area contributed by atoms with Crippen molar-refractivity contribution in [2.24, 2.45) is 0 Å². The van der Waals surface area contributed by atoms with Crippen LogP contribution in [-0.2, 0) is 10.8 Å². The fraction of sp³-hybridized carbons (Fsp3) is 0.714. The van der Waals surface area contributed by atoms with Crippen molar-refractivity contribution in [2.45, 2.75) is 66.2 Å². The molecular formula is C14H25P. The van der Waals surface area contributed by atoms with Crippen LogP contribution in [-0.4, -0.2) is 0 Å². The second kappa shape index (κ2) is 3.67.